The number of rotatable bonds is 3. The highest BCUT2D eigenvalue weighted by Gasteiger charge is 2.01. The Bertz CT molecular complexity index is 471. The summed E-state index contributed by atoms with van der Waals surface area (Å²) in [6.45, 7) is 6.45. The molecule has 0 saturated heterocycles. The Kier molecular flexibility index (Phi) is 2.90. The molecule has 0 unspecified atom stereocenters. The average molecular weight is 217 g/mol. The van der Waals surface area contributed by atoms with Gasteiger partial charge in [-0.3, -0.25) is 0 Å². The SMILES string of the molecule is Cc1cc(C)nc(NCc2ccc(C)o2)n1. The first kappa shape index (κ1) is 10.7. The maximum absolute atomic E-state index is 5.45. The fourth-order valence-corrected chi connectivity index (χ4v) is 1.55. The number of aryl methyl sites for hydroxylation is 3. The Balaban J connectivity index is 2.04. The predicted molar refractivity (Wildman–Crippen MR) is 62.3 cm³/mol. The van der Waals surface area contributed by atoms with Gasteiger partial charge in [-0.1, -0.05) is 0 Å². The third-order valence-electron chi connectivity index (χ3n) is 2.20. The van der Waals surface area contributed by atoms with Gasteiger partial charge in [0.15, 0.2) is 0 Å². The van der Waals surface area contributed by atoms with Crippen molar-refractivity contribution in [1.82, 2.24) is 9.97 Å². The summed E-state index contributed by atoms with van der Waals surface area (Å²) in [4.78, 5) is 8.58. The van der Waals surface area contributed by atoms with E-state index in [0.29, 0.717) is 12.5 Å². The molecule has 2 aromatic heterocycles. The van der Waals surface area contributed by atoms with E-state index in [2.05, 4.69) is 15.3 Å². The minimum absolute atomic E-state index is 0.608. The molecule has 0 atom stereocenters. The molecule has 2 heterocycles. The third-order valence-corrected chi connectivity index (χ3v) is 2.20. The molecule has 84 valence electrons. The van der Waals surface area contributed by atoms with Crippen LogP contribution in [0.2, 0.25) is 0 Å². The van der Waals surface area contributed by atoms with Crippen molar-refractivity contribution in [1.29, 1.82) is 0 Å². The van der Waals surface area contributed by atoms with Crippen molar-refractivity contribution in [3.05, 3.63) is 41.1 Å². The standard InChI is InChI=1S/C12H15N3O/c1-8-6-9(2)15-12(14-8)13-7-11-5-4-10(3)16-11/h4-6H,7H2,1-3H3,(H,13,14,15). The van der Waals surface area contributed by atoms with Gasteiger partial charge in [-0.2, -0.15) is 0 Å². The molecule has 4 heteroatoms. The monoisotopic (exact) mass is 217 g/mol. The van der Waals surface area contributed by atoms with Crippen LogP contribution in [0, 0.1) is 20.8 Å². The van der Waals surface area contributed by atoms with Crippen molar-refractivity contribution in [2.45, 2.75) is 27.3 Å². The molecule has 0 fully saturated rings. The number of aromatic nitrogens is 2. The van der Waals surface area contributed by atoms with Crippen molar-refractivity contribution in [2.24, 2.45) is 0 Å². The number of furan rings is 1. The van der Waals surface area contributed by atoms with Gasteiger partial charge in [-0.15, -0.1) is 0 Å². The van der Waals surface area contributed by atoms with E-state index in [9.17, 15) is 0 Å². The minimum atomic E-state index is 0.608. The molecule has 2 aromatic rings. The van der Waals surface area contributed by atoms with Gasteiger partial charge in [0.05, 0.1) is 6.54 Å². The van der Waals surface area contributed by atoms with E-state index in [-0.39, 0.29) is 0 Å². The topological polar surface area (TPSA) is 51.0 Å². The second-order valence-corrected chi connectivity index (χ2v) is 3.84. The summed E-state index contributed by atoms with van der Waals surface area (Å²) >= 11 is 0. The molecule has 0 saturated carbocycles. The number of anilines is 1. The van der Waals surface area contributed by atoms with Gasteiger partial charge in [-0.05, 0) is 39.0 Å². The number of nitrogens with zero attached hydrogens (tertiary/aromatic N) is 2. The van der Waals surface area contributed by atoms with Crippen molar-refractivity contribution in [3.8, 4) is 0 Å². The number of nitrogens with one attached hydrogen (secondary N) is 1. The average Bonchev–Trinajstić information content (AvgIpc) is 2.60. The molecule has 2 rings (SSSR count). The van der Waals surface area contributed by atoms with Crippen molar-refractivity contribution < 1.29 is 4.42 Å². The van der Waals surface area contributed by atoms with E-state index in [1.54, 1.807) is 0 Å². The zero-order valence-corrected chi connectivity index (χ0v) is 9.74. The zero-order valence-electron chi connectivity index (χ0n) is 9.74. The minimum Gasteiger partial charge on any atom is -0.465 e. The van der Waals surface area contributed by atoms with Gasteiger partial charge in [0.1, 0.15) is 11.5 Å². The summed E-state index contributed by atoms with van der Waals surface area (Å²) in [5.41, 5.74) is 1.93. The van der Waals surface area contributed by atoms with Gasteiger partial charge < -0.3 is 9.73 Å². The van der Waals surface area contributed by atoms with E-state index in [1.807, 2.05) is 39.0 Å². The van der Waals surface area contributed by atoms with E-state index >= 15 is 0 Å². The lowest BCUT2D eigenvalue weighted by molar-refractivity contribution is 0.490. The molecule has 0 aliphatic heterocycles. The van der Waals surface area contributed by atoms with Crippen molar-refractivity contribution in [2.75, 3.05) is 5.32 Å². The van der Waals surface area contributed by atoms with Crippen LogP contribution in [0.5, 0.6) is 0 Å². The molecule has 1 N–H and O–H groups in total. The molecule has 0 aromatic carbocycles. The second kappa shape index (κ2) is 4.35. The quantitative estimate of drug-likeness (QED) is 0.858. The molecule has 0 radical (unpaired) electrons. The van der Waals surface area contributed by atoms with E-state index < -0.39 is 0 Å². The summed E-state index contributed by atoms with van der Waals surface area (Å²) < 4.78 is 5.45. The molecular formula is C12H15N3O. The normalized spacial score (nSPS) is 10.4. The Morgan fingerprint density at radius 1 is 1.12 bits per heavy atom. The second-order valence-electron chi connectivity index (χ2n) is 3.84. The molecule has 0 aliphatic rings. The first-order valence-corrected chi connectivity index (χ1v) is 5.25. The summed E-state index contributed by atoms with van der Waals surface area (Å²) in [5, 5.41) is 3.14. The van der Waals surface area contributed by atoms with Crippen LogP contribution in [0.25, 0.3) is 0 Å². The molecule has 0 aliphatic carbocycles. The van der Waals surface area contributed by atoms with Crippen LogP contribution in [-0.4, -0.2) is 9.97 Å². The molecule has 16 heavy (non-hydrogen) atoms. The first-order chi connectivity index (χ1) is 7.63. The molecular weight excluding hydrogens is 202 g/mol. The highest BCUT2D eigenvalue weighted by molar-refractivity contribution is 5.28. The Morgan fingerprint density at radius 3 is 2.38 bits per heavy atom. The third kappa shape index (κ3) is 2.59. The summed E-state index contributed by atoms with van der Waals surface area (Å²) in [6, 6.07) is 5.84. The van der Waals surface area contributed by atoms with Gasteiger partial charge in [0, 0.05) is 11.4 Å². The Labute approximate surface area is 94.7 Å². The fourth-order valence-electron chi connectivity index (χ4n) is 1.55. The van der Waals surface area contributed by atoms with Crippen LogP contribution >= 0.6 is 0 Å². The maximum Gasteiger partial charge on any atom is 0.223 e. The van der Waals surface area contributed by atoms with Crippen LogP contribution < -0.4 is 5.32 Å². The van der Waals surface area contributed by atoms with Gasteiger partial charge in [0.2, 0.25) is 5.95 Å². The van der Waals surface area contributed by atoms with E-state index in [4.69, 9.17) is 4.42 Å². The predicted octanol–water partition coefficient (Wildman–Crippen LogP) is 2.61. The lowest BCUT2D eigenvalue weighted by Crippen LogP contribution is -2.04. The van der Waals surface area contributed by atoms with Crippen molar-refractivity contribution >= 4 is 5.95 Å². The first-order valence-electron chi connectivity index (χ1n) is 5.25. The fraction of sp³-hybridized carbons (Fsp3) is 0.333. The maximum atomic E-state index is 5.45. The van der Waals surface area contributed by atoms with Crippen LogP contribution in [0.1, 0.15) is 22.9 Å². The smallest absolute Gasteiger partial charge is 0.223 e. The van der Waals surface area contributed by atoms with Gasteiger partial charge >= 0.3 is 0 Å². The van der Waals surface area contributed by atoms with Crippen LogP contribution in [0.15, 0.2) is 22.6 Å². The lowest BCUT2D eigenvalue weighted by Gasteiger charge is -2.04. The van der Waals surface area contributed by atoms with Crippen molar-refractivity contribution in [3.63, 3.8) is 0 Å². The van der Waals surface area contributed by atoms with E-state index in [0.717, 1.165) is 22.9 Å². The largest absolute Gasteiger partial charge is 0.465 e. The summed E-state index contributed by atoms with van der Waals surface area (Å²) in [5.74, 6) is 2.45. The van der Waals surface area contributed by atoms with Crippen LogP contribution in [0.3, 0.4) is 0 Å². The summed E-state index contributed by atoms with van der Waals surface area (Å²) in [6.07, 6.45) is 0. The lowest BCUT2D eigenvalue weighted by atomic mass is 10.3. The highest BCUT2D eigenvalue weighted by atomic mass is 16.3. The molecule has 0 spiro atoms. The summed E-state index contributed by atoms with van der Waals surface area (Å²) in [7, 11) is 0. The highest BCUT2D eigenvalue weighted by Crippen LogP contribution is 2.09. The molecule has 0 bridgehead atoms. The Morgan fingerprint density at radius 2 is 1.81 bits per heavy atom. The van der Waals surface area contributed by atoms with Gasteiger partial charge in [-0.25, -0.2) is 9.97 Å². The van der Waals surface area contributed by atoms with E-state index in [1.165, 1.54) is 0 Å². The molecule has 4 nitrogen and oxygen atoms in total. The van der Waals surface area contributed by atoms with Gasteiger partial charge in [0.25, 0.3) is 0 Å². The molecule has 0 amide bonds. The van der Waals surface area contributed by atoms with Crippen LogP contribution in [-0.2, 0) is 6.54 Å². The number of hydrogen-bond acceptors (Lipinski definition) is 4. The van der Waals surface area contributed by atoms with Crippen LogP contribution in [0.4, 0.5) is 5.95 Å². The number of hydrogen-bond donors (Lipinski definition) is 1. The Hall–Kier alpha value is -1.84. The zero-order chi connectivity index (χ0) is 11.5.